The molecule has 0 unspecified atom stereocenters. The lowest BCUT2D eigenvalue weighted by Gasteiger charge is -2.33. The minimum Gasteiger partial charge on any atom is -0.330 e. The summed E-state index contributed by atoms with van der Waals surface area (Å²) in [6.45, 7) is 6.11. The van der Waals surface area contributed by atoms with E-state index in [4.69, 9.17) is 0 Å². The smallest absolute Gasteiger partial charge is 0.246 e. The summed E-state index contributed by atoms with van der Waals surface area (Å²) in [5.41, 5.74) is 1.81. The van der Waals surface area contributed by atoms with Crippen LogP contribution in [0.15, 0.2) is 49.1 Å². The topological polar surface area (TPSA) is 69.7 Å². The highest BCUT2D eigenvalue weighted by Gasteiger charge is 2.27. The fourth-order valence-corrected chi connectivity index (χ4v) is 3.19. The summed E-state index contributed by atoms with van der Waals surface area (Å²) >= 11 is 0. The Kier molecular flexibility index (Phi) is 5.02. The van der Waals surface area contributed by atoms with Gasteiger partial charge in [0.2, 0.25) is 17.7 Å². The number of hydrogen-bond acceptors (Lipinski definition) is 3. The molecule has 0 aliphatic carbocycles. The Labute approximate surface area is 152 Å². The average molecular weight is 351 g/mol. The van der Waals surface area contributed by atoms with Crippen LogP contribution in [0, 0.1) is 6.92 Å². The molecule has 3 amide bonds. The monoisotopic (exact) mass is 351 g/mol. The van der Waals surface area contributed by atoms with Gasteiger partial charge in [-0.3, -0.25) is 14.4 Å². The van der Waals surface area contributed by atoms with Crippen molar-refractivity contribution in [1.29, 1.82) is 0 Å². The summed E-state index contributed by atoms with van der Waals surface area (Å²) in [6.07, 6.45) is 1.19. The molecule has 1 N–H and O–H groups in total. The number of rotatable bonds is 4. The summed E-state index contributed by atoms with van der Waals surface area (Å²) in [4.78, 5) is 39.1. The molecule has 0 spiro atoms. The van der Waals surface area contributed by atoms with Crippen molar-refractivity contribution in [3.05, 3.63) is 54.6 Å². The van der Waals surface area contributed by atoms with E-state index in [2.05, 4.69) is 11.9 Å². The molecule has 1 aliphatic heterocycles. The van der Waals surface area contributed by atoms with Gasteiger partial charge in [0.05, 0.1) is 6.54 Å². The quantitative estimate of drug-likeness (QED) is 0.856. The Morgan fingerprint density at radius 3 is 2.62 bits per heavy atom. The van der Waals surface area contributed by atoms with Crippen molar-refractivity contribution in [2.45, 2.75) is 6.92 Å². The third kappa shape index (κ3) is 3.59. The maximum Gasteiger partial charge on any atom is 0.246 e. The van der Waals surface area contributed by atoms with Crippen LogP contribution in [0.25, 0.3) is 10.8 Å². The van der Waals surface area contributed by atoms with E-state index in [9.17, 15) is 14.4 Å². The number of aryl methyl sites for hydroxylation is 1. The lowest BCUT2D eigenvalue weighted by molar-refractivity contribution is -0.144. The van der Waals surface area contributed by atoms with E-state index in [1.807, 2.05) is 43.3 Å². The number of amides is 3. The fraction of sp³-hybridized carbons (Fsp3) is 0.250. The van der Waals surface area contributed by atoms with Crippen LogP contribution in [0.5, 0.6) is 0 Å². The van der Waals surface area contributed by atoms with Gasteiger partial charge in [-0.15, -0.1) is 0 Å². The van der Waals surface area contributed by atoms with Crippen molar-refractivity contribution in [2.24, 2.45) is 0 Å². The number of carbonyl (C=O) groups is 3. The second-order valence-corrected chi connectivity index (χ2v) is 6.31. The highest BCUT2D eigenvalue weighted by molar-refractivity contribution is 6.04. The second-order valence-electron chi connectivity index (χ2n) is 6.31. The van der Waals surface area contributed by atoms with E-state index in [-0.39, 0.29) is 30.8 Å². The van der Waals surface area contributed by atoms with E-state index < -0.39 is 0 Å². The maximum absolute atomic E-state index is 12.5. The van der Waals surface area contributed by atoms with E-state index in [1.165, 1.54) is 15.9 Å². The van der Waals surface area contributed by atoms with Crippen LogP contribution < -0.4 is 5.32 Å². The Balaban J connectivity index is 1.68. The number of nitrogens with zero attached hydrogens (tertiary/aromatic N) is 2. The number of hydrogen-bond donors (Lipinski definition) is 1. The van der Waals surface area contributed by atoms with Gasteiger partial charge in [0, 0.05) is 24.2 Å². The predicted molar refractivity (Wildman–Crippen MR) is 101 cm³/mol. The molecule has 6 nitrogen and oxygen atoms in total. The van der Waals surface area contributed by atoms with Gasteiger partial charge in [-0.25, -0.2) is 0 Å². The van der Waals surface area contributed by atoms with Gasteiger partial charge in [-0.1, -0.05) is 36.9 Å². The Morgan fingerprint density at radius 1 is 1.19 bits per heavy atom. The molecule has 2 aromatic carbocycles. The molecule has 0 radical (unpaired) electrons. The highest BCUT2D eigenvalue weighted by Crippen LogP contribution is 2.26. The summed E-state index contributed by atoms with van der Waals surface area (Å²) in [5.74, 6) is -0.762. The Morgan fingerprint density at radius 2 is 1.92 bits per heavy atom. The van der Waals surface area contributed by atoms with Crippen LogP contribution in [0.2, 0.25) is 0 Å². The van der Waals surface area contributed by atoms with Crippen molar-refractivity contribution in [3.8, 4) is 0 Å². The van der Waals surface area contributed by atoms with Crippen LogP contribution in [0.3, 0.4) is 0 Å². The third-order valence-electron chi connectivity index (χ3n) is 4.53. The standard InChI is InChI=1S/C20H21N3O3/c1-3-18(25)23-11-10-22(19(26)13-23)12-17(24)21-16-9-5-8-15-7-4-6-14(2)20(15)16/h3-9H,1,10-13H2,2H3,(H,21,24). The van der Waals surface area contributed by atoms with Gasteiger partial charge in [-0.2, -0.15) is 0 Å². The summed E-state index contributed by atoms with van der Waals surface area (Å²) < 4.78 is 0. The third-order valence-corrected chi connectivity index (χ3v) is 4.53. The van der Waals surface area contributed by atoms with Gasteiger partial charge in [0.25, 0.3) is 0 Å². The van der Waals surface area contributed by atoms with E-state index >= 15 is 0 Å². The van der Waals surface area contributed by atoms with Crippen molar-refractivity contribution in [1.82, 2.24) is 9.80 Å². The molecule has 26 heavy (non-hydrogen) atoms. The molecule has 0 aromatic heterocycles. The molecular formula is C20H21N3O3. The molecule has 2 aromatic rings. The summed E-state index contributed by atoms with van der Waals surface area (Å²) in [5, 5.41) is 4.96. The fourth-order valence-electron chi connectivity index (χ4n) is 3.19. The molecule has 1 heterocycles. The summed E-state index contributed by atoms with van der Waals surface area (Å²) in [7, 11) is 0. The largest absolute Gasteiger partial charge is 0.330 e. The molecule has 134 valence electrons. The highest BCUT2D eigenvalue weighted by atomic mass is 16.2. The van der Waals surface area contributed by atoms with E-state index in [0.717, 1.165) is 22.0 Å². The summed E-state index contributed by atoms with van der Waals surface area (Å²) in [6, 6.07) is 11.7. The molecule has 0 bridgehead atoms. The van der Waals surface area contributed by atoms with E-state index in [0.29, 0.717) is 13.1 Å². The SMILES string of the molecule is C=CC(=O)N1CCN(CC(=O)Nc2cccc3cccc(C)c23)C(=O)C1. The predicted octanol–water partition coefficient (Wildman–Crippen LogP) is 1.94. The first-order valence-corrected chi connectivity index (χ1v) is 8.47. The normalized spacial score (nSPS) is 14.4. The zero-order valence-electron chi connectivity index (χ0n) is 14.7. The lowest BCUT2D eigenvalue weighted by atomic mass is 10.0. The first-order valence-electron chi connectivity index (χ1n) is 8.47. The number of anilines is 1. The molecule has 3 rings (SSSR count). The van der Waals surface area contributed by atoms with Crippen LogP contribution in [0.1, 0.15) is 5.56 Å². The molecular weight excluding hydrogens is 330 g/mol. The molecule has 1 aliphatic rings. The number of carbonyl (C=O) groups excluding carboxylic acids is 3. The lowest BCUT2D eigenvalue weighted by Crippen LogP contribution is -2.53. The number of benzene rings is 2. The Hall–Kier alpha value is -3.15. The Bertz CT molecular complexity index is 886. The molecule has 1 fully saturated rings. The maximum atomic E-state index is 12.5. The molecule has 0 saturated carbocycles. The van der Waals surface area contributed by atoms with Gasteiger partial charge in [-0.05, 0) is 30.0 Å². The van der Waals surface area contributed by atoms with Gasteiger partial charge in [0.1, 0.15) is 6.54 Å². The minimum atomic E-state index is -0.270. The zero-order chi connectivity index (χ0) is 18.7. The second kappa shape index (κ2) is 7.39. The van der Waals surface area contributed by atoms with Crippen molar-refractivity contribution in [3.63, 3.8) is 0 Å². The van der Waals surface area contributed by atoms with Crippen molar-refractivity contribution < 1.29 is 14.4 Å². The van der Waals surface area contributed by atoms with Crippen LogP contribution in [-0.2, 0) is 14.4 Å². The number of nitrogens with one attached hydrogen (secondary N) is 1. The number of fused-ring (bicyclic) bond motifs is 1. The molecule has 1 saturated heterocycles. The number of piperazine rings is 1. The van der Waals surface area contributed by atoms with Crippen LogP contribution >= 0.6 is 0 Å². The zero-order valence-corrected chi connectivity index (χ0v) is 14.7. The van der Waals surface area contributed by atoms with Crippen LogP contribution in [0.4, 0.5) is 5.69 Å². The van der Waals surface area contributed by atoms with Gasteiger partial charge >= 0.3 is 0 Å². The van der Waals surface area contributed by atoms with Crippen molar-refractivity contribution in [2.75, 3.05) is 31.5 Å². The van der Waals surface area contributed by atoms with E-state index in [1.54, 1.807) is 0 Å². The first-order chi connectivity index (χ1) is 12.5. The van der Waals surface area contributed by atoms with Crippen LogP contribution in [-0.4, -0.2) is 53.7 Å². The van der Waals surface area contributed by atoms with Gasteiger partial charge < -0.3 is 15.1 Å². The van der Waals surface area contributed by atoms with Crippen molar-refractivity contribution >= 4 is 34.2 Å². The average Bonchev–Trinajstić information content (AvgIpc) is 2.63. The first kappa shape index (κ1) is 17.7. The molecule has 6 heteroatoms. The minimum absolute atomic E-state index is 0.0223. The molecule has 0 atom stereocenters. The van der Waals surface area contributed by atoms with Gasteiger partial charge in [0.15, 0.2) is 0 Å².